The Bertz CT molecular complexity index is 945. The first kappa shape index (κ1) is 22.1. The Morgan fingerprint density at radius 1 is 1.20 bits per heavy atom. The number of rotatable bonds is 4. The molecule has 1 aromatic rings. The standard InChI is InChI=1S/C23H26ClNO5/c1-11(2)30-23(28)18-13(4)25-16-10-12(3)17(22(27)29-5)21(26)20(16)19(18)14-6-8-15(24)9-7-14/h6-9,11-12,17,19,25H,10H2,1-5H3/t12-,17-,19+/m0/s1. The van der Waals surface area contributed by atoms with Crippen molar-refractivity contribution in [3.05, 3.63) is 57.4 Å². The van der Waals surface area contributed by atoms with Crippen LogP contribution in [0.3, 0.4) is 0 Å². The topological polar surface area (TPSA) is 81.7 Å². The maximum absolute atomic E-state index is 13.5. The molecule has 0 unspecified atom stereocenters. The lowest BCUT2D eigenvalue weighted by atomic mass is 9.69. The third-order valence-electron chi connectivity index (χ3n) is 5.51. The van der Waals surface area contributed by atoms with Gasteiger partial charge in [0.25, 0.3) is 0 Å². The number of esters is 2. The van der Waals surface area contributed by atoms with Gasteiger partial charge in [-0.1, -0.05) is 30.7 Å². The number of Topliss-reactive ketones (excluding diaryl/α,β-unsaturated/α-hetero) is 1. The molecule has 30 heavy (non-hydrogen) atoms. The molecule has 6 nitrogen and oxygen atoms in total. The first-order chi connectivity index (χ1) is 14.1. The van der Waals surface area contributed by atoms with Gasteiger partial charge in [0.1, 0.15) is 5.92 Å². The van der Waals surface area contributed by atoms with E-state index in [0.29, 0.717) is 28.3 Å². The zero-order valence-corrected chi connectivity index (χ0v) is 18.5. The van der Waals surface area contributed by atoms with Crippen molar-refractivity contribution < 1.29 is 23.9 Å². The van der Waals surface area contributed by atoms with E-state index in [1.807, 2.05) is 6.92 Å². The molecule has 1 aliphatic carbocycles. The zero-order valence-electron chi connectivity index (χ0n) is 17.7. The highest BCUT2D eigenvalue weighted by Crippen LogP contribution is 2.45. The maximum Gasteiger partial charge on any atom is 0.337 e. The van der Waals surface area contributed by atoms with E-state index in [9.17, 15) is 14.4 Å². The van der Waals surface area contributed by atoms with E-state index in [1.165, 1.54) is 7.11 Å². The molecule has 1 aromatic carbocycles. The Morgan fingerprint density at radius 3 is 2.40 bits per heavy atom. The third kappa shape index (κ3) is 4.01. The van der Waals surface area contributed by atoms with Gasteiger partial charge in [0.2, 0.25) is 0 Å². The van der Waals surface area contributed by atoms with E-state index in [-0.39, 0.29) is 17.8 Å². The number of nitrogens with one attached hydrogen (secondary N) is 1. The Hall–Kier alpha value is -2.60. The summed E-state index contributed by atoms with van der Waals surface area (Å²) in [6.45, 7) is 7.19. The van der Waals surface area contributed by atoms with Gasteiger partial charge in [0.05, 0.1) is 18.8 Å². The zero-order chi connectivity index (χ0) is 22.2. The highest BCUT2D eigenvalue weighted by Gasteiger charge is 2.47. The number of dihydropyridines is 1. The smallest absolute Gasteiger partial charge is 0.337 e. The van der Waals surface area contributed by atoms with Crippen molar-refractivity contribution in [1.82, 2.24) is 5.32 Å². The second kappa shape index (κ2) is 8.64. The van der Waals surface area contributed by atoms with Crippen LogP contribution in [0.15, 0.2) is 46.8 Å². The van der Waals surface area contributed by atoms with Crippen molar-refractivity contribution in [2.75, 3.05) is 7.11 Å². The minimum Gasteiger partial charge on any atom is -0.468 e. The fraction of sp³-hybridized carbons (Fsp3) is 0.435. The van der Waals surface area contributed by atoms with Gasteiger partial charge >= 0.3 is 11.9 Å². The first-order valence-electron chi connectivity index (χ1n) is 9.95. The summed E-state index contributed by atoms with van der Waals surface area (Å²) in [7, 11) is 1.28. The lowest BCUT2D eigenvalue weighted by Crippen LogP contribution is -2.43. The Morgan fingerprint density at radius 2 is 1.83 bits per heavy atom. The average molecular weight is 432 g/mol. The molecule has 0 amide bonds. The lowest BCUT2D eigenvalue weighted by Gasteiger charge is -2.38. The van der Waals surface area contributed by atoms with Gasteiger partial charge in [-0.15, -0.1) is 0 Å². The number of benzene rings is 1. The van der Waals surface area contributed by atoms with Crippen LogP contribution >= 0.6 is 11.6 Å². The number of methoxy groups -OCH3 is 1. The van der Waals surface area contributed by atoms with Gasteiger partial charge in [0.15, 0.2) is 5.78 Å². The minimum absolute atomic E-state index is 0.223. The fourth-order valence-corrected chi connectivity index (χ4v) is 4.34. The van der Waals surface area contributed by atoms with E-state index in [0.717, 1.165) is 11.3 Å². The fourth-order valence-electron chi connectivity index (χ4n) is 4.22. The highest BCUT2D eigenvalue weighted by atomic mass is 35.5. The van der Waals surface area contributed by atoms with E-state index < -0.39 is 23.8 Å². The minimum atomic E-state index is -0.911. The van der Waals surface area contributed by atoms with E-state index in [1.54, 1.807) is 45.0 Å². The van der Waals surface area contributed by atoms with Crippen molar-refractivity contribution in [2.45, 2.75) is 46.1 Å². The van der Waals surface area contributed by atoms with Gasteiger partial charge in [-0.25, -0.2) is 4.79 Å². The Balaban J connectivity index is 2.17. The molecule has 0 bridgehead atoms. The molecule has 0 radical (unpaired) electrons. The molecule has 1 aliphatic heterocycles. The van der Waals surface area contributed by atoms with E-state index in [4.69, 9.17) is 21.1 Å². The summed E-state index contributed by atoms with van der Waals surface area (Å²) >= 11 is 6.06. The second-order valence-electron chi connectivity index (χ2n) is 8.04. The predicted molar refractivity (Wildman–Crippen MR) is 113 cm³/mol. The summed E-state index contributed by atoms with van der Waals surface area (Å²) in [5.41, 5.74) is 2.86. The molecular weight excluding hydrogens is 406 g/mol. The molecular formula is C23H26ClNO5. The summed E-state index contributed by atoms with van der Waals surface area (Å²) < 4.78 is 10.4. The largest absolute Gasteiger partial charge is 0.468 e. The van der Waals surface area contributed by atoms with Gasteiger partial charge in [0, 0.05) is 27.9 Å². The number of halogens is 1. The van der Waals surface area contributed by atoms with Crippen molar-refractivity contribution in [2.24, 2.45) is 11.8 Å². The molecule has 1 N–H and O–H groups in total. The molecule has 160 valence electrons. The van der Waals surface area contributed by atoms with Crippen LogP contribution < -0.4 is 5.32 Å². The number of allylic oxidation sites excluding steroid dienone is 3. The molecule has 2 aliphatic rings. The van der Waals surface area contributed by atoms with Crippen LogP contribution in [0.5, 0.6) is 0 Å². The normalized spacial score (nSPS) is 23.8. The number of carbonyl (C=O) groups is 3. The average Bonchev–Trinajstić information content (AvgIpc) is 2.66. The number of carbonyl (C=O) groups excluding carboxylic acids is 3. The molecule has 0 fully saturated rings. The monoisotopic (exact) mass is 431 g/mol. The molecule has 0 saturated carbocycles. The van der Waals surface area contributed by atoms with Crippen LogP contribution in [0.25, 0.3) is 0 Å². The summed E-state index contributed by atoms with van der Waals surface area (Å²) in [5, 5.41) is 3.78. The Labute approximate surface area is 181 Å². The van der Waals surface area contributed by atoms with E-state index >= 15 is 0 Å². The Kier molecular flexibility index (Phi) is 6.36. The van der Waals surface area contributed by atoms with Crippen LogP contribution in [0.2, 0.25) is 5.02 Å². The summed E-state index contributed by atoms with van der Waals surface area (Å²) in [6.07, 6.45) is 0.179. The SMILES string of the molecule is COC(=O)[C@@H]1C(=O)C2=C(C[C@@H]1C)NC(C)=C(C(=O)OC(C)C)[C@H]2c1ccc(Cl)cc1. The maximum atomic E-state index is 13.5. The van der Waals surface area contributed by atoms with Crippen molar-refractivity contribution in [1.29, 1.82) is 0 Å². The molecule has 7 heteroatoms. The molecule has 0 spiro atoms. The van der Waals surface area contributed by atoms with Crippen molar-refractivity contribution >= 4 is 29.3 Å². The molecule has 3 atom stereocenters. The molecule has 1 heterocycles. The van der Waals surface area contributed by atoms with Crippen LogP contribution in [0.4, 0.5) is 0 Å². The lowest BCUT2D eigenvalue weighted by molar-refractivity contribution is -0.151. The van der Waals surface area contributed by atoms with E-state index in [2.05, 4.69) is 5.32 Å². The molecule has 0 saturated heterocycles. The van der Waals surface area contributed by atoms with Gasteiger partial charge in [-0.3, -0.25) is 9.59 Å². The number of hydrogen-bond acceptors (Lipinski definition) is 6. The second-order valence-corrected chi connectivity index (χ2v) is 8.48. The third-order valence-corrected chi connectivity index (χ3v) is 5.76. The van der Waals surface area contributed by atoms with Gasteiger partial charge in [-0.2, -0.15) is 0 Å². The quantitative estimate of drug-likeness (QED) is 0.575. The number of ketones is 1. The molecule has 3 rings (SSSR count). The van der Waals surface area contributed by atoms with Crippen LogP contribution in [0.1, 0.15) is 45.6 Å². The number of ether oxygens (including phenoxy) is 2. The van der Waals surface area contributed by atoms with Gasteiger partial charge < -0.3 is 14.8 Å². The van der Waals surface area contributed by atoms with Crippen molar-refractivity contribution in [3.63, 3.8) is 0 Å². The summed E-state index contributed by atoms with van der Waals surface area (Å²) in [4.78, 5) is 38.9. The van der Waals surface area contributed by atoms with Gasteiger partial charge in [-0.05, 0) is 50.8 Å². The predicted octanol–water partition coefficient (Wildman–Crippen LogP) is 3.90. The molecule has 0 aromatic heterocycles. The van der Waals surface area contributed by atoms with Crippen LogP contribution in [0, 0.1) is 11.8 Å². The van der Waals surface area contributed by atoms with Crippen molar-refractivity contribution in [3.8, 4) is 0 Å². The van der Waals surface area contributed by atoms with Crippen LogP contribution in [-0.4, -0.2) is 30.9 Å². The first-order valence-corrected chi connectivity index (χ1v) is 10.3. The summed E-state index contributed by atoms with van der Waals surface area (Å²) in [6, 6.07) is 7.01. The number of hydrogen-bond donors (Lipinski definition) is 1. The summed E-state index contributed by atoms with van der Waals surface area (Å²) in [5.74, 6) is -3.18. The highest BCUT2D eigenvalue weighted by molar-refractivity contribution is 6.30. The van der Waals surface area contributed by atoms with Crippen LogP contribution in [-0.2, 0) is 23.9 Å².